The molecule has 15 heavy (non-hydrogen) atoms. The molecule has 1 heterocycles. The Morgan fingerprint density at radius 3 is 2.87 bits per heavy atom. The number of hydrogen-bond donors (Lipinski definition) is 1. The molecular weight excluding hydrogens is 214 g/mol. The Kier molecular flexibility index (Phi) is 4.71. The van der Waals surface area contributed by atoms with Crippen LogP contribution < -0.4 is 0 Å². The third kappa shape index (κ3) is 4.40. The number of nitrogens with zero attached hydrogens (tertiary/aromatic N) is 1. The Morgan fingerprint density at radius 1 is 1.60 bits per heavy atom. The molecule has 0 aliphatic rings. The van der Waals surface area contributed by atoms with E-state index in [0.29, 0.717) is 0 Å². The monoisotopic (exact) mass is 229 g/mol. The standard InChI is InChI=1S/C10H15NO3S/c1-11(2)3-4-15-7-9-5-8(6-14-9)10(12)13/h5-6H,3-4,7H2,1-2H3,(H,12,13). The summed E-state index contributed by atoms with van der Waals surface area (Å²) in [7, 11) is 4.05. The molecule has 1 rings (SSSR count). The molecular formula is C10H15NO3S. The summed E-state index contributed by atoms with van der Waals surface area (Å²) in [5, 5.41) is 8.67. The number of furan rings is 1. The lowest BCUT2D eigenvalue weighted by Crippen LogP contribution is -2.14. The van der Waals surface area contributed by atoms with Gasteiger partial charge in [0.25, 0.3) is 0 Å². The van der Waals surface area contributed by atoms with Crippen LogP contribution in [0.5, 0.6) is 0 Å². The molecule has 0 radical (unpaired) electrons. The predicted molar refractivity (Wildman–Crippen MR) is 60.4 cm³/mol. The van der Waals surface area contributed by atoms with Crippen molar-refractivity contribution in [2.45, 2.75) is 5.75 Å². The number of carbonyl (C=O) groups is 1. The zero-order chi connectivity index (χ0) is 11.3. The van der Waals surface area contributed by atoms with Gasteiger partial charge in [-0.25, -0.2) is 4.79 Å². The van der Waals surface area contributed by atoms with E-state index in [1.165, 1.54) is 6.26 Å². The van der Waals surface area contributed by atoms with Gasteiger partial charge in [-0.2, -0.15) is 11.8 Å². The zero-order valence-corrected chi connectivity index (χ0v) is 9.71. The van der Waals surface area contributed by atoms with E-state index < -0.39 is 5.97 Å². The van der Waals surface area contributed by atoms with Gasteiger partial charge in [0.05, 0.1) is 11.3 Å². The fourth-order valence-corrected chi connectivity index (χ4v) is 1.98. The first-order valence-corrected chi connectivity index (χ1v) is 5.78. The number of rotatable bonds is 6. The van der Waals surface area contributed by atoms with Gasteiger partial charge in [0, 0.05) is 12.3 Å². The van der Waals surface area contributed by atoms with Gasteiger partial charge in [-0.05, 0) is 20.2 Å². The summed E-state index contributed by atoms with van der Waals surface area (Å²) in [4.78, 5) is 12.7. The minimum Gasteiger partial charge on any atom is -0.478 e. The molecule has 0 saturated carbocycles. The van der Waals surface area contributed by atoms with Crippen LogP contribution in [-0.4, -0.2) is 42.4 Å². The van der Waals surface area contributed by atoms with Crippen molar-refractivity contribution in [3.05, 3.63) is 23.7 Å². The zero-order valence-electron chi connectivity index (χ0n) is 8.90. The van der Waals surface area contributed by atoms with Crippen molar-refractivity contribution in [1.82, 2.24) is 4.90 Å². The molecule has 1 aromatic rings. The molecule has 0 fully saturated rings. The Labute approximate surface area is 93.3 Å². The van der Waals surface area contributed by atoms with Crippen molar-refractivity contribution in [3.63, 3.8) is 0 Å². The van der Waals surface area contributed by atoms with Gasteiger partial charge in [-0.1, -0.05) is 0 Å². The molecule has 84 valence electrons. The van der Waals surface area contributed by atoms with Crippen molar-refractivity contribution in [3.8, 4) is 0 Å². The van der Waals surface area contributed by atoms with Gasteiger partial charge in [-0.15, -0.1) is 0 Å². The second kappa shape index (κ2) is 5.82. The van der Waals surface area contributed by atoms with Gasteiger partial charge >= 0.3 is 5.97 Å². The fourth-order valence-electron chi connectivity index (χ4n) is 0.988. The maximum Gasteiger partial charge on any atom is 0.338 e. The smallest absolute Gasteiger partial charge is 0.338 e. The summed E-state index contributed by atoms with van der Waals surface area (Å²) < 4.78 is 5.12. The van der Waals surface area contributed by atoms with Crippen molar-refractivity contribution in [1.29, 1.82) is 0 Å². The van der Waals surface area contributed by atoms with E-state index in [-0.39, 0.29) is 5.56 Å². The van der Waals surface area contributed by atoms with E-state index in [0.717, 1.165) is 23.8 Å². The van der Waals surface area contributed by atoms with Crippen LogP contribution in [-0.2, 0) is 5.75 Å². The number of carboxylic acid groups (broad SMARTS) is 1. The summed E-state index contributed by atoms with van der Waals surface area (Å²) in [6, 6.07) is 1.57. The van der Waals surface area contributed by atoms with E-state index in [1.807, 2.05) is 14.1 Å². The van der Waals surface area contributed by atoms with Crippen LogP contribution >= 0.6 is 11.8 Å². The Morgan fingerprint density at radius 2 is 2.33 bits per heavy atom. The summed E-state index contributed by atoms with van der Waals surface area (Å²) in [6.07, 6.45) is 1.28. The molecule has 5 heteroatoms. The molecule has 0 amide bonds. The third-order valence-corrected chi connectivity index (χ3v) is 2.79. The predicted octanol–water partition coefficient (Wildman–Crippen LogP) is 1.77. The molecule has 0 spiro atoms. The average molecular weight is 229 g/mol. The Bertz CT molecular complexity index is 322. The topological polar surface area (TPSA) is 53.7 Å². The number of aromatic carboxylic acids is 1. The van der Waals surface area contributed by atoms with Gasteiger partial charge in [0.1, 0.15) is 12.0 Å². The van der Waals surface area contributed by atoms with Gasteiger partial charge in [0.2, 0.25) is 0 Å². The summed E-state index contributed by atoms with van der Waals surface area (Å²) in [6.45, 7) is 1.01. The highest BCUT2D eigenvalue weighted by Gasteiger charge is 2.07. The minimum atomic E-state index is -0.941. The average Bonchev–Trinajstić information content (AvgIpc) is 2.60. The van der Waals surface area contributed by atoms with E-state index >= 15 is 0 Å². The van der Waals surface area contributed by atoms with Crippen molar-refractivity contribution >= 4 is 17.7 Å². The van der Waals surface area contributed by atoms with Gasteiger partial charge in [-0.3, -0.25) is 0 Å². The minimum absolute atomic E-state index is 0.221. The summed E-state index contributed by atoms with van der Waals surface area (Å²) >= 11 is 1.73. The first-order chi connectivity index (χ1) is 7.09. The highest BCUT2D eigenvalue weighted by atomic mass is 32.2. The normalized spacial score (nSPS) is 10.9. The molecule has 0 aliphatic carbocycles. The van der Waals surface area contributed by atoms with Crippen molar-refractivity contribution < 1.29 is 14.3 Å². The maximum atomic E-state index is 10.6. The van der Waals surface area contributed by atoms with Crippen LogP contribution in [0, 0.1) is 0 Å². The lowest BCUT2D eigenvalue weighted by molar-refractivity contribution is 0.0696. The molecule has 1 aromatic heterocycles. The van der Waals surface area contributed by atoms with E-state index in [9.17, 15) is 4.79 Å². The molecule has 0 aromatic carbocycles. The molecule has 0 bridgehead atoms. The SMILES string of the molecule is CN(C)CCSCc1cc(C(=O)O)co1. The molecule has 0 atom stereocenters. The highest BCUT2D eigenvalue weighted by Crippen LogP contribution is 2.15. The second-order valence-electron chi connectivity index (χ2n) is 3.46. The first kappa shape index (κ1) is 12.1. The molecule has 0 saturated heterocycles. The lowest BCUT2D eigenvalue weighted by Gasteiger charge is -2.07. The van der Waals surface area contributed by atoms with Crippen LogP contribution in [0.15, 0.2) is 16.7 Å². The number of hydrogen-bond acceptors (Lipinski definition) is 4. The molecule has 4 nitrogen and oxygen atoms in total. The molecule has 0 unspecified atom stereocenters. The Balaban J connectivity index is 2.29. The quantitative estimate of drug-likeness (QED) is 0.753. The van der Waals surface area contributed by atoms with E-state index in [4.69, 9.17) is 9.52 Å². The van der Waals surface area contributed by atoms with E-state index in [2.05, 4.69) is 4.90 Å². The fraction of sp³-hybridized carbons (Fsp3) is 0.500. The van der Waals surface area contributed by atoms with Gasteiger partial charge < -0.3 is 14.4 Å². The molecule has 0 aliphatic heterocycles. The van der Waals surface area contributed by atoms with Crippen LogP contribution in [0.2, 0.25) is 0 Å². The second-order valence-corrected chi connectivity index (χ2v) is 4.57. The Hall–Kier alpha value is -0.940. The van der Waals surface area contributed by atoms with Crippen LogP contribution in [0.3, 0.4) is 0 Å². The van der Waals surface area contributed by atoms with E-state index in [1.54, 1.807) is 17.8 Å². The largest absolute Gasteiger partial charge is 0.478 e. The highest BCUT2D eigenvalue weighted by molar-refractivity contribution is 7.98. The summed E-state index contributed by atoms with van der Waals surface area (Å²) in [5.41, 5.74) is 0.221. The van der Waals surface area contributed by atoms with Crippen LogP contribution in [0.1, 0.15) is 16.1 Å². The number of carboxylic acids is 1. The lowest BCUT2D eigenvalue weighted by atomic mass is 10.3. The van der Waals surface area contributed by atoms with Gasteiger partial charge in [0.15, 0.2) is 0 Å². The van der Waals surface area contributed by atoms with Crippen molar-refractivity contribution in [2.75, 3.05) is 26.4 Å². The van der Waals surface area contributed by atoms with Crippen molar-refractivity contribution in [2.24, 2.45) is 0 Å². The number of thioether (sulfide) groups is 1. The van der Waals surface area contributed by atoms with Crippen LogP contribution in [0.25, 0.3) is 0 Å². The maximum absolute atomic E-state index is 10.6. The van der Waals surface area contributed by atoms with Crippen LogP contribution in [0.4, 0.5) is 0 Å². The third-order valence-electron chi connectivity index (χ3n) is 1.83. The summed E-state index contributed by atoms with van der Waals surface area (Å²) in [5.74, 6) is 1.51. The first-order valence-electron chi connectivity index (χ1n) is 4.63. The molecule has 1 N–H and O–H groups in total.